The minimum atomic E-state index is -0.604. The van der Waals surface area contributed by atoms with E-state index in [-0.39, 0.29) is 5.56 Å². The fourth-order valence-electron chi connectivity index (χ4n) is 5.11. The molecule has 0 amide bonds. The van der Waals surface area contributed by atoms with E-state index in [2.05, 4.69) is 39.5 Å². The van der Waals surface area contributed by atoms with Gasteiger partial charge in [0, 0.05) is 27.9 Å². The van der Waals surface area contributed by atoms with E-state index in [1.807, 2.05) is 18.2 Å². The van der Waals surface area contributed by atoms with Gasteiger partial charge in [0.25, 0.3) is 0 Å². The van der Waals surface area contributed by atoms with E-state index in [1.165, 1.54) is 21.8 Å². The maximum Gasteiger partial charge on any atom is 0.512 e. The van der Waals surface area contributed by atoms with Crippen molar-refractivity contribution in [3.63, 3.8) is 0 Å². The minimum absolute atomic E-state index is 0.124. The highest BCUT2D eigenvalue weighted by Gasteiger charge is 2.34. The summed E-state index contributed by atoms with van der Waals surface area (Å²) in [5.41, 5.74) is 1.92. The van der Waals surface area contributed by atoms with Crippen LogP contribution >= 0.6 is 11.3 Å². The van der Waals surface area contributed by atoms with Crippen molar-refractivity contribution in [3.8, 4) is 5.75 Å². The largest absolute Gasteiger partial charge is 0.512 e. The lowest BCUT2D eigenvalue weighted by Gasteiger charge is -2.44. The van der Waals surface area contributed by atoms with Gasteiger partial charge in [-0.25, -0.2) is 4.79 Å². The van der Waals surface area contributed by atoms with Crippen LogP contribution in [0.2, 0.25) is 0 Å². The van der Waals surface area contributed by atoms with Crippen LogP contribution in [0.1, 0.15) is 19.8 Å². The van der Waals surface area contributed by atoms with Crippen molar-refractivity contribution < 1.29 is 23.5 Å². The number of carbonyl (C=O) groups excluding carboxylic acids is 1. The average molecular weight is 537 g/mol. The van der Waals surface area contributed by atoms with E-state index < -0.39 is 6.16 Å². The summed E-state index contributed by atoms with van der Waals surface area (Å²) < 4.78 is 18.5. The molecule has 1 aliphatic heterocycles. The Morgan fingerprint density at radius 3 is 2.74 bits per heavy atom. The summed E-state index contributed by atoms with van der Waals surface area (Å²) >= 11 is 1.77. The first-order valence-corrected chi connectivity index (χ1v) is 14.0. The number of anilines is 1. The quantitative estimate of drug-likeness (QED) is 0.167. The molecule has 200 valence electrons. The molecule has 1 N–H and O–H groups in total. The van der Waals surface area contributed by atoms with E-state index in [4.69, 9.17) is 14.2 Å². The van der Waals surface area contributed by atoms with Crippen molar-refractivity contribution in [2.45, 2.75) is 19.8 Å². The summed E-state index contributed by atoms with van der Waals surface area (Å²) in [5.74, 6) is 0.741. The molecule has 0 spiro atoms. The van der Waals surface area contributed by atoms with Crippen LogP contribution < -0.4 is 15.2 Å². The summed E-state index contributed by atoms with van der Waals surface area (Å²) in [4.78, 5) is 28.9. The van der Waals surface area contributed by atoms with E-state index in [1.54, 1.807) is 24.3 Å². The summed E-state index contributed by atoms with van der Waals surface area (Å²) in [6, 6.07) is 17.8. The number of rotatable bonds is 10. The van der Waals surface area contributed by atoms with E-state index in [0.717, 1.165) is 62.2 Å². The van der Waals surface area contributed by atoms with Gasteiger partial charge in [-0.15, -0.1) is 11.3 Å². The number of aromatic amines is 1. The van der Waals surface area contributed by atoms with E-state index in [0.29, 0.717) is 24.4 Å². The molecule has 8 nitrogen and oxygen atoms in total. The Kier molecular flexibility index (Phi) is 8.14. The number of quaternary nitrogens is 1. The van der Waals surface area contributed by atoms with Crippen LogP contribution in [0.5, 0.6) is 5.75 Å². The average Bonchev–Trinajstić information content (AvgIpc) is 3.42. The molecule has 0 aliphatic carbocycles. The second-order valence-electron chi connectivity index (χ2n) is 9.69. The summed E-state index contributed by atoms with van der Waals surface area (Å²) in [6.45, 7) is 7.43. The highest BCUT2D eigenvalue weighted by atomic mass is 32.1. The summed E-state index contributed by atoms with van der Waals surface area (Å²) in [5, 5.41) is 4.42. The van der Waals surface area contributed by atoms with Crippen LogP contribution in [-0.4, -0.2) is 68.3 Å². The van der Waals surface area contributed by atoms with Gasteiger partial charge in [0.2, 0.25) is 12.3 Å². The van der Waals surface area contributed by atoms with Gasteiger partial charge in [-0.2, -0.15) is 0 Å². The van der Waals surface area contributed by atoms with Crippen molar-refractivity contribution in [1.82, 2.24) is 4.98 Å². The van der Waals surface area contributed by atoms with Crippen molar-refractivity contribution in [2.24, 2.45) is 0 Å². The highest BCUT2D eigenvalue weighted by Crippen LogP contribution is 2.32. The number of aromatic nitrogens is 1. The fourth-order valence-corrected chi connectivity index (χ4v) is 5.92. The molecule has 5 rings (SSSR count). The maximum absolute atomic E-state index is 12.0. The molecule has 0 bridgehead atoms. The number of hydrogen-bond donors (Lipinski definition) is 1. The lowest BCUT2D eigenvalue weighted by Crippen LogP contribution is -2.61. The van der Waals surface area contributed by atoms with Gasteiger partial charge >= 0.3 is 6.16 Å². The number of ether oxygens (including phenoxy) is 3. The van der Waals surface area contributed by atoms with E-state index >= 15 is 0 Å². The molecule has 0 radical (unpaired) electrons. The van der Waals surface area contributed by atoms with Gasteiger partial charge in [0.05, 0.1) is 51.5 Å². The molecule has 1 aliphatic rings. The summed E-state index contributed by atoms with van der Waals surface area (Å²) in [7, 11) is 0. The summed E-state index contributed by atoms with van der Waals surface area (Å²) in [6.07, 6.45) is 1.21. The first-order chi connectivity index (χ1) is 18.5. The Morgan fingerprint density at radius 2 is 1.89 bits per heavy atom. The number of nitrogens with zero attached hydrogens (tertiary/aromatic N) is 2. The third-order valence-electron chi connectivity index (χ3n) is 7.21. The topological polar surface area (TPSA) is 80.9 Å². The van der Waals surface area contributed by atoms with Crippen molar-refractivity contribution in [1.29, 1.82) is 0 Å². The smallest absolute Gasteiger partial charge is 0.494 e. The van der Waals surface area contributed by atoms with Gasteiger partial charge in [0.1, 0.15) is 5.75 Å². The van der Waals surface area contributed by atoms with Crippen molar-refractivity contribution in [3.05, 3.63) is 70.3 Å². The third kappa shape index (κ3) is 6.11. The Balaban J connectivity index is 1.17. The van der Waals surface area contributed by atoms with Gasteiger partial charge < -0.3 is 24.1 Å². The second kappa shape index (κ2) is 11.9. The Bertz CT molecular complexity index is 1440. The van der Waals surface area contributed by atoms with Crippen molar-refractivity contribution >= 4 is 44.2 Å². The van der Waals surface area contributed by atoms with Gasteiger partial charge in [0.15, 0.2) is 0 Å². The van der Waals surface area contributed by atoms with Gasteiger partial charge in [-0.1, -0.05) is 6.07 Å². The molecule has 9 heteroatoms. The van der Waals surface area contributed by atoms with Crippen LogP contribution in [0.15, 0.2) is 64.8 Å². The molecule has 1 saturated heterocycles. The molecule has 38 heavy (non-hydrogen) atoms. The standard InChI is InChI=1S/C29H33N3O5S/c1-2-35-29(34)37-21-32(16-13-31(14-17-32)26-6-5-7-27-24(26)12-19-38-27)15-3-4-18-36-23-10-8-22-9-11-28(33)30-25(22)20-23/h5-12,19-20H,2-4,13-18,21H2,1H3/p+1. The molecular weight excluding hydrogens is 502 g/mol. The number of thiophene rings is 1. The Hall–Kier alpha value is -3.56. The zero-order chi connectivity index (χ0) is 26.4. The van der Waals surface area contributed by atoms with Gasteiger partial charge in [-0.3, -0.25) is 9.28 Å². The van der Waals surface area contributed by atoms with Crippen LogP contribution in [0.3, 0.4) is 0 Å². The molecule has 3 heterocycles. The van der Waals surface area contributed by atoms with E-state index in [9.17, 15) is 9.59 Å². The van der Waals surface area contributed by atoms with Crippen LogP contribution in [0, 0.1) is 0 Å². The number of carbonyl (C=O) groups is 1. The van der Waals surface area contributed by atoms with Gasteiger partial charge in [-0.05, 0) is 66.9 Å². The molecule has 0 atom stereocenters. The molecular formula is C29H34N3O5S+. The maximum atomic E-state index is 12.0. The monoisotopic (exact) mass is 536 g/mol. The van der Waals surface area contributed by atoms with Crippen LogP contribution in [0.4, 0.5) is 10.5 Å². The molecule has 4 aromatic rings. The first-order valence-electron chi connectivity index (χ1n) is 13.2. The highest BCUT2D eigenvalue weighted by molar-refractivity contribution is 7.17. The molecule has 0 unspecified atom stereocenters. The number of fused-ring (bicyclic) bond motifs is 2. The number of piperazine rings is 1. The predicted octanol–water partition coefficient (Wildman–Crippen LogP) is 5.37. The third-order valence-corrected chi connectivity index (χ3v) is 8.09. The Labute approximate surface area is 225 Å². The number of nitrogens with one attached hydrogen (secondary N) is 1. The first kappa shape index (κ1) is 26.1. The van der Waals surface area contributed by atoms with Crippen LogP contribution in [-0.2, 0) is 9.47 Å². The number of H-pyrrole nitrogens is 1. The number of pyridine rings is 1. The fraction of sp³-hybridized carbons (Fsp3) is 0.379. The molecule has 2 aromatic heterocycles. The zero-order valence-electron chi connectivity index (χ0n) is 21.7. The minimum Gasteiger partial charge on any atom is -0.494 e. The number of hydrogen-bond acceptors (Lipinski definition) is 7. The lowest BCUT2D eigenvalue weighted by atomic mass is 10.1. The van der Waals surface area contributed by atoms with Crippen molar-refractivity contribution in [2.75, 3.05) is 57.6 Å². The predicted molar refractivity (Wildman–Crippen MR) is 151 cm³/mol. The normalized spacial score (nSPS) is 15.0. The zero-order valence-corrected chi connectivity index (χ0v) is 22.5. The lowest BCUT2D eigenvalue weighted by molar-refractivity contribution is -0.944. The second-order valence-corrected chi connectivity index (χ2v) is 10.6. The molecule has 1 fully saturated rings. The molecule has 2 aromatic carbocycles. The van der Waals surface area contributed by atoms with Crippen LogP contribution in [0.25, 0.3) is 21.0 Å². The SMILES string of the molecule is CCOC(=O)OC[N+]1(CCCCOc2ccc3ccc(=O)[nH]c3c2)CCN(c2cccc3sccc23)CC1. The number of unbranched alkanes of at least 4 members (excludes halogenated alkanes) is 1. The molecule has 0 saturated carbocycles. The Morgan fingerprint density at radius 1 is 1.05 bits per heavy atom. The number of benzene rings is 2.